The topological polar surface area (TPSA) is 86.6 Å². The highest BCUT2D eigenvalue weighted by Crippen LogP contribution is 2.55. The Kier molecular flexibility index (Phi) is 6.93. The molecule has 1 heterocycles. The normalized spacial score (nSPS) is 40.1. The van der Waals surface area contributed by atoms with Crippen LogP contribution in [0.4, 0.5) is 0 Å². The predicted molar refractivity (Wildman–Crippen MR) is 118 cm³/mol. The molecule has 3 N–H and O–H groups in total. The van der Waals surface area contributed by atoms with Gasteiger partial charge in [0.1, 0.15) is 11.2 Å². The van der Waals surface area contributed by atoms with Crippen LogP contribution in [0.15, 0.2) is 23.3 Å². The molecular formula is C25H39NO4. The minimum absolute atomic E-state index is 0.0114. The van der Waals surface area contributed by atoms with Crippen LogP contribution in [0.25, 0.3) is 0 Å². The zero-order chi connectivity index (χ0) is 22.2. The number of aliphatic hydroxyl groups is 2. The first kappa shape index (κ1) is 23.2. The second-order valence-corrected chi connectivity index (χ2v) is 10.4. The number of aliphatic hydroxyl groups excluding tert-OH is 2. The van der Waals surface area contributed by atoms with E-state index in [1.165, 1.54) is 5.57 Å². The molecule has 2 aliphatic carbocycles. The average Bonchev–Trinajstić information content (AvgIpc) is 2.94. The second kappa shape index (κ2) is 8.96. The van der Waals surface area contributed by atoms with E-state index in [4.69, 9.17) is 0 Å². The van der Waals surface area contributed by atoms with Gasteiger partial charge in [-0.2, -0.15) is 0 Å². The molecule has 7 unspecified atom stereocenters. The van der Waals surface area contributed by atoms with Gasteiger partial charge in [-0.25, -0.2) is 0 Å². The van der Waals surface area contributed by atoms with Crippen molar-refractivity contribution in [1.82, 2.24) is 5.32 Å². The SMILES string of the molecule is CC1=CC2C=C(C)C(C)C3C(CC(C)C)NC(=O)C23C(=O)CCC(O)CC(CO)C1. The molecule has 1 fully saturated rings. The summed E-state index contributed by atoms with van der Waals surface area (Å²) in [5.74, 6) is -0.00706. The van der Waals surface area contributed by atoms with Gasteiger partial charge in [0.15, 0.2) is 0 Å². The van der Waals surface area contributed by atoms with Gasteiger partial charge in [0.25, 0.3) is 0 Å². The summed E-state index contributed by atoms with van der Waals surface area (Å²) in [6.45, 7) is 10.6. The molecule has 3 rings (SSSR count). The van der Waals surface area contributed by atoms with E-state index in [9.17, 15) is 19.8 Å². The molecule has 0 bridgehead atoms. The zero-order valence-electron chi connectivity index (χ0n) is 19.1. The maximum absolute atomic E-state index is 13.8. The van der Waals surface area contributed by atoms with Crippen LogP contribution in [-0.2, 0) is 9.59 Å². The number of hydrogen-bond acceptors (Lipinski definition) is 4. The Morgan fingerprint density at radius 1 is 1.23 bits per heavy atom. The van der Waals surface area contributed by atoms with E-state index in [2.05, 4.69) is 45.2 Å². The number of hydrogen-bond donors (Lipinski definition) is 3. The Bertz CT molecular complexity index is 739. The van der Waals surface area contributed by atoms with Crippen LogP contribution in [-0.4, -0.2) is 40.7 Å². The molecule has 168 valence electrons. The van der Waals surface area contributed by atoms with Crippen molar-refractivity contribution in [3.8, 4) is 0 Å². The van der Waals surface area contributed by atoms with Gasteiger partial charge >= 0.3 is 0 Å². The molecule has 0 saturated carbocycles. The monoisotopic (exact) mass is 417 g/mol. The number of amides is 1. The van der Waals surface area contributed by atoms with Crippen LogP contribution >= 0.6 is 0 Å². The predicted octanol–water partition coefficient (Wildman–Crippen LogP) is 3.40. The number of ketones is 1. The molecule has 3 aliphatic rings. The third kappa shape index (κ3) is 4.03. The molecule has 0 aromatic carbocycles. The van der Waals surface area contributed by atoms with E-state index < -0.39 is 11.5 Å². The van der Waals surface area contributed by atoms with Gasteiger partial charge in [0.05, 0.1) is 6.10 Å². The van der Waals surface area contributed by atoms with E-state index in [0.29, 0.717) is 25.2 Å². The van der Waals surface area contributed by atoms with E-state index in [1.807, 2.05) is 6.92 Å². The second-order valence-electron chi connectivity index (χ2n) is 10.4. The summed E-state index contributed by atoms with van der Waals surface area (Å²) in [4.78, 5) is 27.4. The van der Waals surface area contributed by atoms with Crippen molar-refractivity contribution in [1.29, 1.82) is 0 Å². The lowest BCUT2D eigenvalue weighted by molar-refractivity contribution is -0.145. The molecule has 0 aromatic heterocycles. The van der Waals surface area contributed by atoms with Crippen molar-refractivity contribution < 1.29 is 19.8 Å². The van der Waals surface area contributed by atoms with Crippen molar-refractivity contribution in [2.24, 2.45) is 35.0 Å². The molecular weight excluding hydrogens is 378 g/mol. The summed E-state index contributed by atoms with van der Waals surface area (Å²) in [6, 6.07) is -0.0171. The fourth-order valence-corrected chi connectivity index (χ4v) is 6.26. The van der Waals surface area contributed by atoms with Crippen molar-refractivity contribution in [2.45, 2.75) is 78.9 Å². The summed E-state index contributed by atoms with van der Waals surface area (Å²) >= 11 is 0. The Morgan fingerprint density at radius 3 is 2.57 bits per heavy atom. The van der Waals surface area contributed by atoms with Crippen molar-refractivity contribution in [2.75, 3.05) is 6.61 Å². The van der Waals surface area contributed by atoms with Crippen LogP contribution in [0.3, 0.4) is 0 Å². The fraction of sp³-hybridized carbons (Fsp3) is 0.760. The molecule has 1 saturated heterocycles. The molecule has 1 amide bonds. The van der Waals surface area contributed by atoms with Crippen LogP contribution < -0.4 is 5.32 Å². The maximum atomic E-state index is 13.8. The summed E-state index contributed by atoms with van der Waals surface area (Å²) < 4.78 is 0. The lowest BCUT2D eigenvalue weighted by Crippen LogP contribution is -2.52. The first-order chi connectivity index (χ1) is 14.1. The van der Waals surface area contributed by atoms with Gasteiger partial charge < -0.3 is 15.5 Å². The number of carbonyl (C=O) groups excluding carboxylic acids is 2. The smallest absolute Gasteiger partial charge is 0.235 e. The Labute approximate surface area is 181 Å². The highest BCUT2D eigenvalue weighted by Gasteiger charge is 2.65. The molecule has 30 heavy (non-hydrogen) atoms. The van der Waals surface area contributed by atoms with Crippen LogP contribution in [0.1, 0.15) is 66.7 Å². The van der Waals surface area contributed by atoms with Gasteiger partial charge in [-0.3, -0.25) is 9.59 Å². The van der Waals surface area contributed by atoms with Gasteiger partial charge in [0.2, 0.25) is 5.91 Å². The zero-order valence-corrected chi connectivity index (χ0v) is 19.1. The number of carbonyl (C=O) groups is 2. The van der Waals surface area contributed by atoms with Crippen LogP contribution in [0.5, 0.6) is 0 Å². The van der Waals surface area contributed by atoms with Crippen molar-refractivity contribution >= 4 is 11.7 Å². The summed E-state index contributed by atoms with van der Waals surface area (Å²) in [7, 11) is 0. The third-order valence-corrected chi connectivity index (χ3v) is 7.71. The number of allylic oxidation sites excluding steroid dienone is 4. The van der Waals surface area contributed by atoms with Crippen LogP contribution in [0.2, 0.25) is 0 Å². The van der Waals surface area contributed by atoms with Crippen LogP contribution in [0, 0.1) is 35.0 Å². The first-order valence-electron chi connectivity index (χ1n) is 11.6. The van der Waals surface area contributed by atoms with Gasteiger partial charge in [-0.05, 0) is 57.3 Å². The third-order valence-electron chi connectivity index (χ3n) is 7.71. The Hall–Kier alpha value is -1.46. The minimum atomic E-state index is -1.10. The minimum Gasteiger partial charge on any atom is -0.396 e. The van der Waals surface area contributed by atoms with Crippen molar-refractivity contribution in [3.05, 3.63) is 23.3 Å². The summed E-state index contributed by atoms with van der Waals surface area (Å²) in [6.07, 6.45) is 6.12. The Balaban J connectivity index is 2.14. The first-order valence-corrected chi connectivity index (χ1v) is 11.6. The molecule has 1 aliphatic heterocycles. The Morgan fingerprint density at radius 2 is 1.93 bits per heavy atom. The van der Waals surface area contributed by atoms with Gasteiger partial charge in [0, 0.05) is 30.9 Å². The van der Waals surface area contributed by atoms with E-state index >= 15 is 0 Å². The molecule has 0 radical (unpaired) electrons. The molecule has 0 aromatic rings. The fourth-order valence-electron chi connectivity index (χ4n) is 6.26. The lowest BCUT2D eigenvalue weighted by Gasteiger charge is -2.45. The number of nitrogens with one attached hydrogen (secondary N) is 1. The van der Waals surface area contributed by atoms with Crippen molar-refractivity contribution in [3.63, 3.8) is 0 Å². The maximum Gasteiger partial charge on any atom is 0.235 e. The standard InChI is InChI=1S/C25H39NO4/c1-14(2)8-21-23-17(5)16(4)11-19-10-15(3)9-18(13-27)12-20(28)6-7-22(29)25(19,23)24(30)26-21/h10-11,14,17-21,23,27-28H,6-9,12-13H2,1-5H3,(H,26,30). The molecule has 5 nitrogen and oxygen atoms in total. The lowest BCUT2D eigenvalue weighted by atomic mass is 9.54. The number of rotatable bonds is 3. The number of Topliss-reactive ketones (excluding diaryl/α,β-unsaturated/α-hetero) is 1. The van der Waals surface area contributed by atoms with E-state index in [-0.39, 0.29) is 54.4 Å². The highest BCUT2D eigenvalue weighted by atomic mass is 16.3. The molecule has 7 atom stereocenters. The van der Waals surface area contributed by atoms with Gasteiger partial charge in [-0.15, -0.1) is 0 Å². The van der Waals surface area contributed by atoms with E-state index in [0.717, 1.165) is 12.0 Å². The summed E-state index contributed by atoms with van der Waals surface area (Å²) in [5, 5.41) is 23.5. The summed E-state index contributed by atoms with van der Waals surface area (Å²) in [5.41, 5.74) is 1.20. The molecule has 1 spiro atoms. The largest absolute Gasteiger partial charge is 0.396 e. The highest BCUT2D eigenvalue weighted by molar-refractivity contribution is 6.09. The van der Waals surface area contributed by atoms with E-state index in [1.54, 1.807) is 0 Å². The average molecular weight is 418 g/mol. The van der Waals surface area contributed by atoms with Gasteiger partial charge in [-0.1, -0.05) is 44.1 Å². The molecule has 5 heteroatoms. The quantitative estimate of drug-likeness (QED) is 0.485.